The number of ether oxygens (including phenoxy) is 4. The van der Waals surface area contributed by atoms with Crippen molar-refractivity contribution in [1.29, 1.82) is 0 Å². The molecule has 0 radical (unpaired) electrons. The van der Waals surface area contributed by atoms with Gasteiger partial charge in [0.15, 0.2) is 0 Å². The SMILES string of the molecule is CCCCCCCCC1OC1CCCCCCCC(=O)CCC(CCC(=O)CCCCCCCC1OC1CCC1OC1CCCCC)CC(=O)CCCCCCCC1OC1CCCCCCCC. The summed E-state index contributed by atoms with van der Waals surface area (Å²) in [4.78, 5) is 39.3. The van der Waals surface area contributed by atoms with E-state index in [9.17, 15) is 14.4 Å². The van der Waals surface area contributed by atoms with Crippen LogP contribution in [0.5, 0.6) is 0 Å². The second-order valence-electron chi connectivity index (χ2n) is 22.7. The maximum atomic E-state index is 13.2. The second kappa shape index (κ2) is 38.5. The van der Waals surface area contributed by atoms with Crippen LogP contribution < -0.4 is 0 Å². The minimum atomic E-state index is 0.144. The predicted molar refractivity (Wildman–Crippen MR) is 283 cm³/mol. The summed E-state index contributed by atoms with van der Waals surface area (Å²) < 4.78 is 23.7. The first kappa shape index (κ1) is 59.4. The summed E-state index contributed by atoms with van der Waals surface area (Å²) in [5, 5.41) is 0. The van der Waals surface area contributed by atoms with Crippen molar-refractivity contribution in [2.75, 3.05) is 0 Å². The molecular formula is C61H110O7. The molecule has 4 aliphatic rings. The largest absolute Gasteiger partial charge is 0.370 e. The van der Waals surface area contributed by atoms with Crippen LogP contribution in [-0.4, -0.2) is 66.2 Å². The molecule has 0 aliphatic carbocycles. The van der Waals surface area contributed by atoms with Crippen LogP contribution in [0.3, 0.4) is 0 Å². The number of ketones is 3. The Kier molecular flexibility index (Phi) is 33.6. The minimum Gasteiger partial charge on any atom is -0.370 e. The number of hydrogen-bond acceptors (Lipinski definition) is 7. The molecule has 0 aromatic rings. The van der Waals surface area contributed by atoms with Crippen molar-refractivity contribution in [1.82, 2.24) is 0 Å². The molecule has 0 saturated carbocycles. The number of Topliss-reactive ketones (excluding diaryl/α,β-unsaturated/α-hetero) is 3. The van der Waals surface area contributed by atoms with Crippen LogP contribution >= 0.6 is 0 Å². The summed E-state index contributed by atoms with van der Waals surface area (Å²) in [7, 11) is 0. The molecule has 9 atom stereocenters. The highest BCUT2D eigenvalue weighted by atomic mass is 16.6. The molecule has 0 amide bonds. The van der Waals surface area contributed by atoms with E-state index in [0.29, 0.717) is 105 Å². The van der Waals surface area contributed by atoms with Crippen LogP contribution in [-0.2, 0) is 33.3 Å². The third-order valence-electron chi connectivity index (χ3n) is 16.3. The van der Waals surface area contributed by atoms with Crippen LogP contribution in [0.1, 0.15) is 316 Å². The maximum absolute atomic E-state index is 13.2. The van der Waals surface area contributed by atoms with E-state index in [1.807, 2.05) is 0 Å². The number of hydrogen-bond donors (Lipinski definition) is 0. The van der Waals surface area contributed by atoms with Gasteiger partial charge in [0.2, 0.25) is 0 Å². The van der Waals surface area contributed by atoms with Gasteiger partial charge in [0.1, 0.15) is 17.3 Å². The zero-order chi connectivity index (χ0) is 48.3. The Morgan fingerprint density at radius 3 is 0.838 bits per heavy atom. The first-order chi connectivity index (χ1) is 33.4. The summed E-state index contributed by atoms with van der Waals surface area (Å²) in [5.41, 5.74) is 0. The average Bonchev–Trinajstić information content (AvgIpc) is 4.15. The summed E-state index contributed by atoms with van der Waals surface area (Å²) in [6, 6.07) is 0. The van der Waals surface area contributed by atoms with Gasteiger partial charge in [0, 0.05) is 38.5 Å². The summed E-state index contributed by atoms with van der Waals surface area (Å²) in [6.07, 6.45) is 56.0. The molecule has 7 heteroatoms. The third-order valence-corrected chi connectivity index (χ3v) is 16.3. The smallest absolute Gasteiger partial charge is 0.133 e. The van der Waals surface area contributed by atoms with Gasteiger partial charge in [-0.15, -0.1) is 0 Å². The zero-order valence-electron chi connectivity index (χ0n) is 45.1. The van der Waals surface area contributed by atoms with E-state index in [0.717, 1.165) is 64.2 Å². The lowest BCUT2D eigenvalue weighted by Crippen LogP contribution is -2.13. The fourth-order valence-electron chi connectivity index (χ4n) is 11.3. The van der Waals surface area contributed by atoms with Crippen molar-refractivity contribution in [3.05, 3.63) is 0 Å². The Labute approximate surface area is 420 Å². The topological polar surface area (TPSA) is 101 Å². The van der Waals surface area contributed by atoms with Gasteiger partial charge in [-0.2, -0.15) is 0 Å². The van der Waals surface area contributed by atoms with E-state index in [1.54, 1.807) is 0 Å². The Morgan fingerprint density at radius 1 is 0.279 bits per heavy atom. The Balaban J connectivity index is 1.00. The minimum absolute atomic E-state index is 0.144. The molecule has 68 heavy (non-hydrogen) atoms. The molecule has 0 bridgehead atoms. The van der Waals surface area contributed by atoms with Gasteiger partial charge in [-0.05, 0) is 89.4 Å². The number of carbonyl (C=O) groups is 3. The van der Waals surface area contributed by atoms with E-state index in [2.05, 4.69) is 20.8 Å². The monoisotopic (exact) mass is 955 g/mol. The molecule has 4 rings (SSSR count). The molecule has 0 spiro atoms. The quantitative estimate of drug-likeness (QED) is 0.0442. The standard InChI is InChI=1S/C61H110O7/c1-4-7-10-12-20-29-38-54-56(65-54)40-31-22-14-17-26-34-51(62)45-43-50(49-53(64)36-28-19-16-24-32-41-57-55(66-57)39-30-21-13-11-8-5-2)44-46-52(63)35-27-18-15-23-33-42-59-61(68-59)48-47-60-58(67-60)37-25-9-6-3/h50,54-61H,4-49H2,1-3H3. The summed E-state index contributed by atoms with van der Waals surface area (Å²) >= 11 is 0. The molecule has 4 fully saturated rings. The van der Waals surface area contributed by atoms with Crippen molar-refractivity contribution in [3.63, 3.8) is 0 Å². The second-order valence-corrected chi connectivity index (χ2v) is 22.7. The van der Waals surface area contributed by atoms with E-state index in [4.69, 9.17) is 18.9 Å². The highest BCUT2D eigenvalue weighted by molar-refractivity contribution is 5.80. The Bertz CT molecular complexity index is 1270. The molecule has 4 saturated heterocycles. The fourth-order valence-corrected chi connectivity index (χ4v) is 11.3. The fraction of sp³-hybridized carbons (Fsp3) is 0.951. The molecule has 4 heterocycles. The number of rotatable bonds is 53. The molecule has 0 N–H and O–H groups in total. The van der Waals surface area contributed by atoms with Gasteiger partial charge in [0.25, 0.3) is 0 Å². The molecule has 0 aromatic heterocycles. The highest BCUT2D eigenvalue weighted by Gasteiger charge is 2.43. The Morgan fingerprint density at radius 2 is 0.515 bits per heavy atom. The van der Waals surface area contributed by atoms with Crippen molar-refractivity contribution in [2.24, 2.45) is 5.92 Å². The van der Waals surface area contributed by atoms with E-state index < -0.39 is 0 Å². The maximum Gasteiger partial charge on any atom is 0.133 e. The van der Waals surface area contributed by atoms with Crippen molar-refractivity contribution < 1.29 is 33.3 Å². The van der Waals surface area contributed by atoms with Crippen molar-refractivity contribution >= 4 is 17.3 Å². The Hall–Kier alpha value is -1.15. The zero-order valence-corrected chi connectivity index (χ0v) is 45.1. The lowest BCUT2D eigenvalue weighted by atomic mass is 9.88. The molecule has 396 valence electrons. The first-order valence-corrected chi connectivity index (χ1v) is 30.6. The lowest BCUT2D eigenvalue weighted by Gasteiger charge is -2.16. The van der Waals surface area contributed by atoms with Crippen LogP contribution in [0, 0.1) is 5.92 Å². The number of unbranched alkanes of at least 4 members (excludes halogenated alkanes) is 24. The van der Waals surface area contributed by atoms with Crippen LogP contribution in [0.2, 0.25) is 0 Å². The number of epoxide rings is 4. The molecule has 9 unspecified atom stereocenters. The normalized spacial score (nSPS) is 24.0. The van der Waals surface area contributed by atoms with Crippen LogP contribution in [0.4, 0.5) is 0 Å². The number of carbonyl (C=O) groups excluding carboxylic acids is 3. The highest BCUT2D eigenvalue weighted by Crippen LogP contribution is 2.37. The van der Waals surface area contributed by atoms with Crippen LogP contribution in [0.15, 0.2) is 0 Å². The van der Waals surface area contributed by atoms with Gasteiger partial charge < -0.3 is 18.9 Å². The predicted octanol–water partition coefficient (Wildman–Crippen LogP) is 17.4. The van der Waals surface area contributed by atoms with E-state index in [1.165, 1.54) is 193 Å². The van der Waals surface area contributed by atoms with Gasteiger partial charge in [-0.1, -0.05) is 194 Å². The van der Waals surface area contributed by atoms with Crippen molar-refractivity contribution in [3.8, 4) is 0 Å². The lowest BCUT2D eigenvalue weighted by molar-refractivity contribution is -0.122. The molecule has 4 aliphatic heterocycles. The van der Waals surface area contributed by atoms with Gasteiger partial charge >= 0.3 is 0 Å². The average molecular weight is 956 g/mol. The summed E-state index contributed by atoms with van der Waals surface area (Å²) in [6.45, 7) is 6.81. The van der Waals surface area contributed by atoms with E-state index >= 15 is 0 Å². The molecular weight excluding hydrogens is 845 g/mol. The summed E-state index contributed by atoms with van der Waals surface area (Å²) in [5.74, 6) is 1.15. The molecule has 0 aromatic carbocycles. The van der Waals surface area contributed by atoms with Crippen molar-refractivity contribution in [2.45, 2.75) is 365 Å². The van der Waals surface area contributed by atoms with Gasteiger partial charge in [0.05, 0.1) is 48.8 Å². The van der Waals surface area contributed by atoms with Gasteiger partial charge in [-0.3, -0.25) is 14.4 Å². The third kappa shape index (κ3) is 30.7. The first-order valence-electron chi connectivity index (χ1n) is 30.6. The van der Waals surface area contributed by atoms with Gasteiger partial charge in [-0.25, -0.2) is 0 Å². The molecule has 7 nitrogen and oxygen atoms in total. The van der Waals surface area contributed by atoms with Crippen LogP contribution in [0.25, 0.3) is 0 Å². The van der Waals surface area contributed by atoms with E-state index in [-0.39, 0.29) is 5.92 Å².